The fraction of sp³-hybridized carbons (Fsp3) is 0.333. The van der Waals surface area contributed by atoms with E-state index in [1.54, 1.807) is 24.3 Å². The van der Waals surface area contributed by atoms with Gasteiger partial charge in [0.15, 0.2) is 0 Å². The molecule has 0 saturated carbocycles. The highest BCUT2D eigenvalue weighted by atomic mass is 32.1. The van der Waals surface area contributed by atoms with Crippen molar-refractivity contribution in [2.75, 3.05) is 18.8 Å². The highest BCUT2D eigenvalue weighted by molar-refractivity contribution is 7.14. The van der Waals surface area contributed by atoms with Gasteiger partial charge in [-0.2, -0.15) is 0 Å². The lowest BCUT2D eigenvalue weighted by atomic mass is 10.1. The molecule has 2 rings (SSSR count). The average Bonchev–Trinajstić information content (AvgIpc) is 2.89. The summed E-state index contributed by atoms with van der Waals surface area (Å²) in [7, 11) is 0. The van der Waals surface area contributed by atoms with Crippen molar-refractivity contribution in [1.29, 1.82) is 0 Å². The normalized spacial score (nSPS) is 11.0. The number of carboxylic acid groups (broad SMARTS) is 1. The smallest absolute Gasteiger partial charge is 0.348 e. The van der Waals surface area contributed by atoms with E-state index in [2.05, 4.69) is 23.7 Å². The molecule has 0 aliphatic heterocycles. The summed E-state index contributed by atoms with van der Waals surface area (Å²) >= 11 is 1.24. The summed E-state index contributed by atoms with van der Waals surface area (Å²) in [6.45, 7) is 6.66. The fourth-order valence-electron chi connectivity index (χ4n) is 2.05. The van der Waals surface area contributed by atoms with Gasteiger partial charge in [-0.15, -0.1) is 11.3 Å². The van der Waals surface area contributed by atoms with E-state index in [1.165, 1.54) is 11.3 Å². The number of nitrogens with two attached hydrogens (primary N) is 1. The Morgan fingerprint density at radius 3 is 2.43 bits per heavy atom. The van der Waals surface area contributed by atoms with E-state index in [9.17, 15) is 9.90 Å². The number of rotatable bonds is 6. The Hall–Kier alpha value is -1.92. The molecular weight excluding hydrogens is 286 g/mol. The summed E-state index contributed by atoms with van der Waals surface area (Å²) < 4.78 is 0. The van der Waals surface area contributed by atoms with Gasteiger partial charge < -0.3 is 10.8 Å². The maximum absolute atomic E-state index is 11.4. The summed E-state index contributed by atoms with van der Waals surface area (Å²) in [5, 5.41) is 10.2. The Bertz CT molecular complexity index is 618. The molecule has 1 heterocycles. The van der Waals surface area contributed by atoms with Crippen molar-refractivity contribution in [3.8, 4) is 11.3 Å². The van der Waals surface area contributed by atoms with Gasteiger partial charge in [0.1, 0.15) is 9.88 Å². The van der Waals surface area contributed by atoms with Crippen molar-refractivity contribution in [3.05, 3.63) is 34.2 Å². The van der Waals surface area contributed by atoms with Crippen LogP contribution in [0.25, 0.3) is 11.3 Å². The van der Waals surface area contributed by atoms with Crippen LogP contribution in [-0.2, 0) is 6.54 Å². The maximum Gasteiger partial charge on any atom is 0.348 e. The largest absolute Gasteiger partial charge is 0.477 e. The van der Waals surface area contributed by atoms with Crippen LogP contribution in [0.3, 0.4) is 0 Å². The number of carbonyl (C=O) groups is 1. The molecule has 0 atom stereocenters. The molecular formula is C15H19N3O2S. The third kappa shape index (κ3) is 3.59. The van der Waals surface area contributed by atoms with Crippen molar-refractivity contribution in [2.45, 2.75) is 20.4 Å². The second-order valence-electron chi connectivity index (χ2n) is 4.67. The van der Waals surface area contributed by atoms with Gasteiger partial charge in [-0.3, -0.25) is 4.90 Å². The monoisotopic (exact) mass is 305 g/mol. The molecule has 0 fully saturated rings. The number of thiazole rings is 1. The van der Waals surface area contributed by atoms with E-state index >= 15 is 0 Å². The first kappa shape index (κ1) is 15.5. The number of hydrogen-bond acceptors (Lipinski definition) is 5. The highest BCUT2D eigenvalue weighted by Gasteiger charge is 2.19. The Kier molecular flexibility index (Phi) is 4.93. The van der Waals surface area contributed by atoms with Crippen LogP contribution in [-0.4, -0.2) is 34.0 Å². The Morgan fingerprint density at radius 1 is 1.29 bits per heavy atom. The summed E-state index contributed by atoms with van der Waals surface area (Å²) in [5.74, 6) is -0.940. The Morgan fingerprint density at radius 2 is 1.90 bits per heavy atom. The van der Waals surface area contributed by atoms with E-state index < -0.39 is 5.97 Å². The highest BCUT2D eigenvalue weighted by Crippen LogP contribution is 2.29. The standard InChI is InChI=1S/C15H19N3O2S/c1-3-18(4-2)9-12-17-13(14(21-12)15(19)20)10-5-7-11(16)8-6-10/h5-8H,3-4,9,16H2,1-2H3,(H,19,20). The molecule has 1 aromatic carbocycles. The number of aromatic carboxylic acids is 1. The maximum atomic E-state index is 11.4. The zero-order chi connectivity index (χ0) is 15.4. The molecule has 0 saturated heterocycles. The molecule has 112 valence electrons. The molecule has 0 amide bonds. The lowest BCUT2D eigenvalue weighted by molar-refractivity contribution is 0.0702. The first-order valence-corrected chi connectivity index (χ1v) is 7.68. The van der Waals surface area contributed by atoms with Gasteiger partial charge in [0.05, 0.1) is 12.2 Å². The average molecular weight is 305 g/mol. The Balaban J connectivity index is 2.38. The van der Waals surface area contributed by atoms with E-state index in [4.69, 9.17) is 5.73 Å². The van der Waals surface area contributed by atoms with Gasteiger partial charge in [0.25, 0.3) is 0 Å². The number of hydrogen-bond donors (Lipinski definition) is 2. The number of anilines is 1. The SMILES string of the molecule is CCN(CC)Cc1nc(-c2ccc(N)cc2)c(C(=O)O)s1. The van der Waals surface area contributed by atoms with Crippen molar-refractivity contribution in [3.63, 3.8) is 0 Å². The third-order valence-electron chi connectivity index (χ3n) is 3.30. The van der Waals surface area contributed by atoms with Crippen LogP contribution in [0.4, 0.5) is 5.69 Å². The molecule has 0 aliphatic rings. The van der Waals surface area contributed by atoms with Gasteiger partial charge in [0.2, 0.25) is 0 Å². The van der Waals surface area contributed by atoms with Crippen LogP contribution in [0.2, 0.25) is 0 Å². The minimum Gasteiger partial charge on any atom is -0.477 e. The third-order valence-corrected chi connectivity index (χ3v) is 4.33. The molecule has 0 bridgehead atoms. The first-order chi connectivity index (χ1) is 10.0. The molecule has 1 aromatic heterocycles. The summed E-state index contributed by atoms with van der Waals surface area (Å²) in [6, 6.07) is 7.12. The number of benzene rings is 1. The first-order valence-electron chi connectivity index (χ1n) is 6.86. The Labute approximate surface area is 128 Å². The van der Waals surface area contributed by atoms with E-state index in [1.807, 2.05) is 0 Å². The molecule has 21 heavy (non-hydrogen) atoms. The van der Waals surface area contributed by atoms with Crippen LogP contribution >= 0.6 is 11.3 Å². The number of carboxylic acids is 1. The zero-order valence-electron chi connectivity index (χ0n) is 12.2. The molecule has 0 radical (unpaired) electrons. The minimum atomic E-state index is -0.940. The van der Waals surface area contributed by atoms with Crippen molar-refractivity contribution >= 4 is 23.0 Å². The van der Waals surface area contributed by atoms with Gasteiger partial charge in [-0.25, -0.2) is 9.78 Å². The molecule has 2 aromatic rings. The minimum absolute atomic E-state index is 0.280. The van der Waals surface area contributed by atoms with E-state index in [0.717, 1.165) is 23.7 Å². The van der Waals surface area contributed by atoms with Gasteiger partial charge >= 0.3 is 5.97 Å². The fourth-order valence-corrected chi connectivity index (χ4v) is 3.02. The molecule has 0 aliphatic carbocycles. The number of nitrogens with zero attached hydrogens (tertiary/aromatic N) is 2. The van der Waals surface area contributed by atoms with E-state index in [0.29, 0.717) is 17.9 Å². The summed E-state index contributed by atoms with van der Waals surface area (Å²) in [5.41, 5.74) is 7.62. The zero-order valence-corrected chi connectivity index (χ0v) is 13.0. The lowest BCUT2D eigenvalue weighted by Gasteiger charge is -2.15. The molecule has 6 heteroatoms. The van der Waals surface area contributed by atoms with Gasteiger partial charge in [-0.1, -0.05) is 26.0 Å². The van der Waals surface area contributed by atoms with Crippen LogP contribution < -0.4 is 5.73 Å². The quantitative estimate of drug-likeness (QED) is 0.802. The molecule has 0 spiro atoms. The number of nitrogen functional groups attached to an aromatic ring is 1. The van der Waals surface area contributed by atoms with Crippen LogP contribution in [0, 0.1) is 0 Å². The van der Waals surface area contributed by atoms with Crippen molar-refractivity contribution in [1.82, 2.24) is 9.88 Å². The van der Waals surface area contributed by atoms with Crippen LogP contribution in [0.1, 0.15) is 28.5 Å². The number of aromatic nitrogens is 1. The predicted molar refractivity (Wildman–Crippen MR) is 85.5 cm³/mol. The van der Waals surface area contributed by atoms with E-state index in [-0.39, 0.29) is 4.88 Å². The summed E-state index contributed by atoms with van der Waals surface area (Å²) in [4.78, 5) is 18.4. The van der Waals surface area contributed by atoms with Crippen molar-refractivity contribution < 1.29 is 9.90 Å². The topological polar surface area (TPSA) is 79.5 Å². The second-order valence-corrected chi connectivity index (χ2v) is 5.76. The van der Waals surface area contributed by atoms with Gasteiger partial charge in [0, 0.05) is 11.3 Å². The second kappa shape index (κ2) is 6.69. The van der Waals surface area contributed by atoms with Crippen LogP contribution in [0.15, 0.2) is 24.3 Å². The van der Waals surface area contributed by atoms with Gasteiger partial charge in [-0.05, 0) is 25.2 Å². The molecule has 0 unspecified atom stereocenters. The molecule has 3 N–H and O–H groups in total. The van der Waals surface area contributed by atoms with Crippen LogP contribution in [0.5, 0.6) is 0 Å². The molecule has 5 nitrogen and oxygen atoms in total. The van der Waals surface area contributed by atoms with Crippen molar-refractivity contribution in [2.24, 2.45) is 0 Å². The lowest BCUT2D eigenvalue weighted by Crippen LogP contribution is -2.21. The summed E-state index contributed by atoms with van der Waals surface area (Å²) in [6.07, 6.45) is 0. The predicted octanol–water partition coefficient (Wildman–Crippen LogP) is 2.93.